The number of benzene rings is 1. The van der Waals surface area contributed by atoms with Gasteiger partial charge in [-0.1, -0.05) is 38.4 Å². The van der Waals surface area contributed by atoms with E-state index in [1.165, 1.54) is 0 Å². The number of rotatable bonds is 4. The van der Waals surface area contributed by atoms with Crippen molar-refractivity contribution < 1.29 is 4.79 Å². The number of nitrogens with one attached hydrogen (secondary N) is 1. The van der Waals surface area contributed by atoms with E-state index in [4.69, 9.17) is 11.6 Å². The van der Waals surface area contributed by atoms with Crippen LogP contribution in [0.3, 0.4) is 0 Å². The molecule has 0 aromatic heterocycles. The molecule has 24 heavy (non-hydrogen) atoms. The Balaban J connectivity index is 1.89. The molecule has 134 valence electrons. The van der Waals surface area contributed by atoms with Gasteiger partial charge in [0.25, 0.3) is 0 Å². The predicted molar refractivity (Wildman–Crippen MR) is 103 cm³/mol. The summed E-state index contributed by atoms with van der Waals surface area (Å²) in [5.41, 5.74) is 1.18. The van der Waals surface area contributed by atoms with Crippen LogP contribution in [0.25, 0.3) is 0 Å². The van der Waals surface area contributed by atoms with Crippen molar-refractivity contribution >= 4 is 23.2 Å². The molecular formula is C20H31ClN2O. The van der Waals surface area contributed by atoms with Crippen LogP contribution >= 0.6 is 11.6 Å². The summed E-state index contributed by atoms with van der Waals surface area (Å²) in [6.07, 6.45) is 2.75. The van der Waals surface area contributed by atoms with E-state index in [0.717, 1.165) is 43.1 Å². The lowest BCUT2D eigenvalue weighted by Gasteiger charge is -2.37. The molecule has 1 aliphatic rings. The second-order valence-corrected chi connectivity index (χ2v) is 9.29. The Bertz CT molecular complexity index is 569. The Kier molecular flexibility index (Phi) is 5.85. The van der Waals surface area contributed by atoms with Crippen molar-refractivity contribution in [2.45, 2.75) is 59.4 Å². The van der Waals surface area contributed by atoms with E-state index in [1.807, 2.05) is 18.2 Å². The van der Waals surface area contributed by atoms with Gasteiger partial charge in [0.2, 0.25) is 5.91 Å². The molecule has 0 bridgehead atoms. The molecule has 1 saturated heterocycles. The number of hydrogen-bond acceptors (Lipinski definition) is 2. The lowest BCUT2D eigenvalue weighted by atomic mass is 9.81. The molecule has 4 heteroatoms. The molecule has 1 N–H and O–H groups in total. The highest BCUT2D eigenvalue weighted by Crippen LogP contribution is 2.29. The minimum atomic E-state index is -0.167. The summed E-state index contributed by atoms with van der Waals surface area (Å²) < 4.78 is 0. The molecule has 0 atom stereocenters. The fourth-order valence-electron chi connectivity index (χ4n) is 3.88. The van der Waals surface area contributed by atoms with Crippen molar-refractivity contribution in [2.24, 2.45) is 11.3 Å². The molecule has 0 spiro atoms. The first kappa shape index (κ1) is 19.1. The number of carbonyl (C=O) groups excluding carboxylic acids is 1. The molecule has 0 aliphatic carbocycles. The van der Waals surface area contributed by atoms with Crippen LogP contribution < -0.4 is 10.2 Å². The first-order valence-corrected chi connectivity index (χ1v) is 9.26. The van der Waals surface area contributed by atoms with Crippen LogP contribution in [-0.2, 0) is 4.79 Å². The standard InChI is InChI=1S/C20H31ClN2O/c1-19(2,3)14-20(4,5)22-18(24)15-9-11-23(12-10-15)17-8-6-7-16(21)13-17/h6-8,13,15H,9-12,14H2,1-5H3,(H,22,24). The predicted octanol–water partition coefficient (Wildman–Crippen LogP) is 4.89. The van der Waals surface area contributed by atoms with Gasteiger partial charge < -0.3 is 10.2 Å². The van der Waals surface area contributed by atoms with Crippen LogP contribution in [0.15, 0.2) is 24.3 Å². The molecule has 1 aromatic carbocycles. The maximum Gasteiger partial charge on any atom is 0.223 e. The van der Waals surface area contributed by atoms with E-state index < -0.39 is 0 Å². The fraction of sp³-hybridized carbons (Fsp3) is 0.650. The molecular weight excluding hydrogens is 320 g/mol. The molecule has 0 radical (unpaired) electrons. The number of hydrogen-bond donors (Lipinski definition) is 1. The van der Waals surface area contributed by atoms with Crippen molar-refractivity contribution in [3.05, 3.63) is 29.3 Å². The van der Waals surface area contributed by atoms with Gasteiger partial charge in [0.05, 0.1) is 0 Å². The molecule has 3 nitrogen and oxygen atoms in total. The fourth-order valence-corrected chi connectivity index (χ4v) is 4.06. The van der Waals surface area contributed by atoms with Gasteiger partial charge in [0, 0.05) is 35.3 Å². The maximum atomic E-state index is 12.6. The molecule has 0 saturated carbocycles. The highest BCUT2D eigenvalue weighted by molar-refractivity contribution is 6.30. The van der Waals surface area contributed by atoms with Crippen molar-refractivity contribution in [1.82, 2.24) is 5.32 Å². The van der Waals surface area contributed by atoms with Gasteiger partial charge in [0.1, 0.15) is 0 Å². The number of anilines is 1. The zero-order valence-electron chi connectivity index (χ0n) is 15.7. The monoisotopic (exact) mass is 350 g/mol. The smallest absolute Gasteiger partial charge is 0.223 e. The van der Waals surface area contributed by atoms with E-state index in [1.54, 1.807) is 0 Å². The molecule has 1 aromatic rings. The molecule has 1 fully saturated rings. The van der Waals surface area contributed by atoms with Gasteiger partial charge in [0.15, 0.2) is 0 Å². The third kappa shape index (κ3) is 5.70. The van der Waals surface area contributed by atoms with Gasteiger partial charge in [-0.25, -0.2) is 0 Å². The van der Waals surface area contributed by atoms with Crippen molar-refractivity contribution in [3.8, 4) is 0 Å². The Labute approximate surface area is 151 Å². The lowest BCUT2D eigenvalue weighted by molar-refractivity contribution is -0.127. The largest absolute Gasteiger partial charge is 0.371 e. The highest BCUT2D eigenvalue weighted by atomic mass is 35.5. The Hall–Kier alpha value is -1.22. The first-order chi connectivity index (χ1) is 11.1. The normalized spacial score (nSPS) is 17.0. The Morgan fingerprint density at radius 2 is 1.83 bits per heavy atom. The summed E-state index contributed by atoms with van der Waals surface area (Å²) in [6.45, 7) is 12.7. The summed E-state index contributed by atoms with van der Waals surface area (Å²) in [5, 5.41) is 4.03. The van der Waals surface area contributed by atoms with Crippen LogP contribution in [0.5, 0.6) is 0 Å². The van der Waals surface area contributed by atoms with E-state index in [9.17, 15) is 4.79 Å². The summed E-state index contributed by atoms with van der Waals surface area (Å²) in [6, 6.07) is 7.95. The van der Waals surface area contributed by atoms with Gasteiger partial charge in [-0.2, -0.15) is 0 Å². The van der Waals surface area contributed by atoms with E-state index in [2.05, 4.69) is 50.9 Å². The van der Waals surface area contributed by atoms with Crippen LogP contribution in [-0.4, -0.2) is 24.5 Å². The topological polar surface area (TPSA) is 32.3 Å². The number of piperidine rings is 1. The van der Waals surface area contributed by atoms with Gasteiger partial charge >= 0.3 is 0 Å². The Morgan fingerprint density at radius 1 is 1.21 bits per heavy atom. The van der Waals surface area contributed by atoms with Gasteiger partial charge in [-0.15, -0.1) is 0 Å². The second kappa shape index (κ2) is 7.35. The zero-order chi connectivity index (χ0) is 18.0. The first-order valence-electron chi connectivity index (χ1n) is 8.88. The zero-order valence-corrected chi connectivity index (χ0v) is 16.4. The summed E-state index contributed by atoms with van der Waals surface area (Å²) in [7, 11) is 0. The van der Waals surface area contributed by atoms with Crippen molar-refractivity contribution in [1.29, 1.82) is 0 Å². The van der Waals surface area contributed by atoms with Crippen molar-refractivity contribution in [3.63, 3.8) is 0 Å². The third-order valence-corrected chi connectivity index (χ3v) is 4.71. The van der Waals surface area contributed by atoms with Gasteiger partial charge in [-0.3, -0.25) is 4.79 Å². The second-order valence-electron chi connectivity index (χ2n) is 8.85. The minimum absolute atomic E-state index is 0.111. The Morgan fingerprint density at radius 3 is 2.38 bits per heavy atom. The van der Waals surface area contributed by atoms with Crippen LogP contribution in [0, 0.1) is 11.3 Å². The van der Waals surface area contributed by atoms with Crippen LogP contribution in [0.4, 0.5) is 5.69 Å². The minimum Gasteiger partial charge on any atom is -0.371 e. The molecule has 1 amide bonds. The average molecular weight is 351 g/mol. The molecule has 1 heterocycles. The van der Waals surface area contributed by atoms with Gasteiger partial charge in [-0.05, 0) is 56.7 Å². The molecule has 0 unspecified atom stereocenters. The number of carbonyl (C=O) groups is 1. The summed E-state index contributed by atoms with van der Waals surface area (Å²) >= 11 is 6.08. The van der Waals surface area contributed by atoms with E-state index in [0.29, 0.717) is 0 Å². The number of nitrogens with zero attached hydrogens (tertiary/aromatic N) is 1. The van der Waals surface area contributed by atoms with E-state index in [-0.39, 0.29) is 22.8 Å². The van der Waals surface area contributed by atoms with Crippen LogP contribution in [0.2, 0.25) is 5.02 Å². The lowest BCUT2D eigenvalue weighted by Crippen LogP contribution is -2.50. The molecule has 2 rings (SSSR count). The molecule has 1 aliphatic heterocycles. The van der Waals surface area contributed by atoms with E-state index >= 15 is 0 Å². The SMILES string of the molecule is CC(C)(C)CC(C)(C)NC(=O)C1CCN(c2cccc(Cl)c2)CC1. The average Bonchev–Trinajstić information content (AvgIpc) is 2.44. The van der Waals surface area contributed by atoms with Crippen LogP contribution in [0.1, 0.15) is 53.9 Å². The number of amides is 1. The maximum absolute atomic E-state index is 12.6. The quantitative estimate of drug-likeness (QED) is 0.838. The number of halogens is 1. The summed E-state index contributed by atoms with van der Waals surface area (Å²) in [5.74, 6) is 0.315. The van der Waals surface area contributed by atoms with Crippen molar-refractivity contribution in [2.75, 3.05) is 18.0 Å². The summed E-state index contributed by atoms with van der Waals surface area (Å²) in [4.78, 5) is 15.0. The highest BCUT2D eigenvalue weighted by Gasteiger charge is 2.31. The third-order valence-electron chi connectivity index (χ3n) is 4.47.